The molecule has 9 rings (SSSR count). The van der Waals surface area contributed by atoms with Crippen LogP contribution >= 0.6 is 0 Å². The van der Waals surface area contributed by atoms with E-state index >= 15 is 0 Å². The minimum atomic E-state index is -0.115. The van der Waals surface area contributed by atoms with Crippen LogP contribution in [0.3, 0.4) is 0 Å². The fraction of sp³-hybridized carbons (Fsp3) is 0.255. The second kappa shape index (κ2) is 14.4. The maximum atomic E-state index is 6.94. The van der Waals surface area contributed by atoms with Crippen LogP contribution in [0.1, 0.15) is 84.6 Å². The molecule has 8 aromatic rings. The van der Waals surface area contributed by atoms with E-state index in [2.05, 4.69) is 223 Å². The first-order valence-corrected chi connectivity index (χ1v) is 21.2. The summed E-state index contributed by atoms with van der Waals surface area (Å²) in [6.07, 6.45) is 1.93. The number of fused-ring (bicyclic) bond motifs is 4. The SMILES string of the molecule is Cc1cccc(N2CN(c3cc(Oc4ccc5c6ccccc6n(-c6cc(C(C)(C)C)ccn6)c5c4)cc(C(C)(C)C)c3)c3ccccc32)c1-c1ccc(C(C)(C)C)cc1. The van der Waals surface area contributed by atoms with E-state index in [1.54, 1.807) is 0 Å². The van der Waals surface area contributed by atoms with E-state index < -0.39 is 0 Å². The third kappa shape index (κ3) is 7.10. The first-order valence-electron chi connectivity index (χ1n) is 21.2. The molecule has 2 aromatic heterocycles. The van der Waals surface area contributed by atoms with Crippen molar-refractivity contribution >= 4 is 44.6 Å². The van der Waals surface area contributed by atoms with E-state index in [0.29, 0.717) is 6.67 Å². The number of ether oxygens (including phenoxy) is 1. The Balaban J connectivity index is 1.12. The number of pyridine rings is 1. The van der Waals surface area contributed by atoms with Crippen LogP contribution in [0.5, 0.6) is 11.5 Å². The Labute approximate surface area is 355 Å². The molecule has 0 atom stereocenters. The van der Waals surface area contributed by atoms with Gasteiger partial charge in [-0.05, 0) is 112 Å². The number of rotatable bonds is 6. The van der Waals surface area contributed by atoms with Crippen LogP contribution < -0.4 is 14.5 Å². The van der Waals surface area contributed by atoms with Crippen molar-refractivity contribution in [2.75, 3.05) is 16.5 Å². The highest BCUT2D eigenvalue weighted by molar-refractivity contribution is 6.09. The number of para-hydroxylation sites is 3. The molecular weight excluding hydrogens is 733 g/mol. The summed E-state index contributed by atoms with van der Waals surface area (Å²) in [6.45, 7) is 23.2. The van der Waals surface area contributed by atoms with Crippen LogP contribution in [-0.4, -0.2) is 16.2 Å². The zero-order valence-electron chi connectivity index (χ0n) is 36.8. The molecule has 1 aliphatic heterocycles. The van der Waals surface area contributed by atoms with E-state index in [1.807, 2.05) is 6.20 Å². The predicted molar refractivity (Wildman–Crippen MR) is 253 cm³/mol. The molecule has 0 amide bonds. The molecule has 0 spiro atoms. The fourth-order valence-corrected chi connectivity index (χ4v) is 8.67. The molecule has 5 heteroatoms. The summed E-state index contributed by atoms with van der Waals surface area (Å²) in [6, 6.07) is 50.7. The minimum Gasteiger partial charge on any atom is -0.457 e. The van der Waals surface area contributed by atoms with Gasteiger partial charge in [0.25, 0.3) is 0 Å². The number of benzene rings is 6. The Morgan fingerprint density at radius 3 is 1.87 bits per heavy atom. The van der Waals surface area contributed by atoms with Gasteiger partial charge >= 0.3 is 0 Å². The standard InChI is InChI=1S/C55H56N4O/c1-36-16-15-21-49(52(36)37-22-24-38(25-23-37)53(2,3)4)58-35-57(47-19-13-14-20-48(47)58)41-30-40(55(8,9)10)31-43(33-41)60-42-26-27-45-44-17-11-12-18-46(44)59(50(45)34-42)51-32-39(28-29-56-51)54(5,6)7/h11-34H,35H2,1-10H3. The number of hydrogen-bond acceptors (Lipinski definition) is 4. The Morgan fingerprint density at radius 1 is 0.500 bits per heavy atom. The van der Waals surface area contributed by atoms with Crippen molar-refractivity contribution < 1.29 is 4.74 Å². The molecule has 0 N–H and O–H groups in total. The molecule has 0 aliphatic carbocycles. The van der Waals surface area contributed by atoms with Crippen LogP contribution in [0.15, 0.2) is 146 Å². The topological polar surface area (TPSA) is 33.5 Å². The lowest BCUT2D eigenvalue weighted by Crippen LogP contribution is -2.25. The van der Waals surface area contributed by atoms with Crippen molar-refractivity contribution in [3.63, 3.8) is 0 Å². The smallest absolute Gasteiger partial charge is 0.137 e. The first-order chi connectivity index (χ1) is 28.5. The Morgan fingerprint density at radius 2 is 1.15 bits per heavy atom. The van der Waals surface area contributed by atoms with Gasteiger partial charge in [-0.25, -0.2) is 4.98 Å². The van der Waals surface area contributed by atoms with E-state index in [1.165, 1.54) is 61.2 Å². The van der Waals surface area contributed by atoms with Crippen LogP contribution in [0.25, 0.3) is 38.8 Å². The second-order valence-electron chi connectivity index (χ2n) is 19.5. The zero-order chi connectivity index (χ0) is 42.1. The lowest BCUT2D eigenvalue weighted by Gasteiger charge is -2.27. The van der Waals surface area contributed by atoms with Gasteiger partial charge in [0.2, 0.25) is 0 Å². The molecule has 0 unspecified atom stereocenters. The summed E-state index contributed by atoms with van der Waals surface area (Å²) in [5, 5.41) is 2.36. The van der Waals surface area contributed by atoms with Gasteiger partial charge in [-0.2, -0.15) is 0 Å². The average Bonchev–Trinajstić information content (AvgIpc) is 3.76. The maximum absolute atomic E-state index is 6.94. The lowest BCUT2D eigenvalue weighted by molar-refractivity contribution is 0.479. The van der Waals surface area contributed by atoms with Gasteiger partial charge in [-0.3, -0.25) is 4.57 Å². The molecule has 6 aromatic carbocycles. The minimum absolute atomic E-state index is 0.00587. The van der Waals surface area contributed by atoms with E-state index in [4.69, 9.17) is 9.72 Å². The van der Waals surface area contributed by atoms with E-state index in [9.17, 15) is 0 Å². The van der Waals surface area contributed by atoms with Gasteiger partial charge in [-0.15, -0.1) is 0 Å². The van der Waals surface area contributed by atoms with Gasteiger partial charge in [0.1, 0.15) is 24.0 Å². The highest BCUT2D eigenvalue weighted by Crippen LogP contribution is 2.49. The van der Waals surface area contributed by atoms with E-state index in [0.717, 1.165) is 34.0 Å². The van der Waals surface area contributed by atoms with Gasteiger partial charge < -0.3 is 14.5 Å². The van der Waals surface area contributed by atoms with Crippen molar-refractivity contribution in [1.29, 1.82) is 0 Å². The molecule has 1 aliphatic rings. The summed E-state index contributed by atoms with van der Waals surface area (Å²) in [4.78, 5) is 9.80. The molecule has 5 nitrogen and oxygen atoms in total. The molecule has 0 saturated carbocycles. The monoisotopic (exact) mass is 788 g/mol. The van der Waals surface area contributed by atoms with Crippen LogP contribution in [-0.2, 0) is 16.2 Å². The molecule has 0 radical (unpaired) electrons. The summed E-state index contributed by atoms with van der Waals surface area (Å²) in [7, 11) is 0. The normalized spacial score (nSPS) is 13.4. The van der Waals surface area contributed by atoms with Crippen LogP contribution in [0, 0.1) is 6.92 Å². The predicted octanol–water partition coefficient (Wildman–Crippen LogP) is 15.1. The van der Waals surface area contributed by atoms with Gasteiger partial charge in [-0.1, -0.05) is 129 Å². The number of nitrogens with zero attached hydrogens (tertiary/aromatic N) is 4. The van der Waals surface area contributed by atoms with Crippen molar-refractivity contribution in [2.24, 2.45) is 0 Å². The first kappa shape index (κ1) is 39.1. The van der Waals surface area contributed by atoms with Crippen molar-refractivity contribution in [1.82, 2.24) is 9.55 Å². The van der Waals surface area contributed by atoms with Crippen molar-refractivity contribution in [3.05, 3.63) is 168 Å². The Kier molecular flexibility index (Phi) is 9.42. The van der Waals surface area contributed by atoms with Crippen molar-refractivity contribution in [2.45, 2.75) is 85.5 Å². The number of aryl methyl sites for hydroxylation is 1. The van der Waals surface area contributed by atoms with Crippen molar-refractivity contribution in [3.8, 4) is 28.4 Å². The Hall–Kier alpha value is -6.33. The summed E-state index contributed by atoms with van der Waals surface area (Å²) in [5.41, 5.74) is 14.3. The second-order valence-corrected chi connectivity index (χ2v) is 19.5. The molecule has 0 saturated heterocycles. The lowest BCUT2D eigenvalue weighted by atomic mass is 9.86. The highest BCUT2D eigenvalue weighted by atomic mass is 16.5. The van der Waals surface area contributed by atoms with Crippen LogP contribution in [0.2, 0.25) is 0 Å². The number of anilines is 4. The number of aromatic nitrogens is 2. The zero-order valence-corrected chi connectivity index (χ0v) is 36.8. The van der Waals surface area contributed by atoms with Crippen LogP contribution in [0.4, 0.5) is 22.7 Å². The molecule has 3 heterocycles. The molecular formula is C55H56N4O. The summed E-state index contributed by atoms with van der Waals surface area (Å²) < 4.78 is 9.21. The third-order valence-electron chi connectivity index (χ3n) is 12.1. The van der Waals surface area contributed by atoms with Gasteiger partial charge in [0.15, 0.2) is 0 Å². The largest absolute Gasteiger partial charge is 0.457 e. The van der Waals surface area contributed by atoms with Gasteiger partial charge in [0.05, 0.1) is 28.1 Å². The molecule has 302 valence electrons. The average molecular weight is 789 g/mol. The quantitative estimate of drug-likeness (QED) is 0.168. The number of hydrogen-bond donors (Lipinski definition) is 0. The summed E-state index contributed by atoms with van der Waals surface area (Å²) >= 11 is 0. The van der Waals surface area contributed by atoms with Gasteiger partial charge in [0, 0.05) is 40.4 Å². The van der Waals surface area contributed by atoms with E-state index in [-0.39, 0.29) is 16.2 Å². The molecule has 0 fully saturated rings. The fourth-order valence-electron chi connectivity index (χ4n) is 8.67. The summed E-state index contributed by atoms with van der Waals surface area (Å²) in [5.74, 6) is 2.48. The maximum Gasteiger partial charge on any atom is 0.137 e. The third-order valence-corrected chi connectivity index (χ3v) is 12.1. The Bertz CT molecular complexity index is 2900. The molecule has 60 heavy (non-hydrogen) atoms. The highest BCUT2D eigenvalue weighted by Gasteiger charge is 2.31. The molecule has 0 bridgehead atoms.